The van der Waals surface area contributed by atoms with Crippen LogP contribution in [0.3, 0.4) is 0 Å². The monoisotopic (exact) mass is 733 g/mol. The van der Waals surface area contributed by atoms with E-state index in [0.29, 0.717) is 5.92 Å². The summed E-state index contributed by atoms with van der Waals surface area (Å²) in [5.41, 5.74) is 17.5. The molecule has 57 heavy (non-hydrogen) atoms. The highest BCUT2D eigenvalue weighted by atomic mass is 15.1. The number of hydrogen-bond acceptors (Lipinski definition) is 1. The van der Waals surface area contributed by atoms with E-state index in [4.69, 9.17) is 0 Å². The minimum Gasteiger partial charge on any atom is -0.310 e. The molecule has 0 saturated carbocycles. The van der Waals surface area contributed by atoms with Gasteiger partial charge in [-0.15, -0.1) is 0 Å². The summed E-state index contributed by atoms with van der Waals surface area (Å²) in [5, 5.41) is 5.25. The molecule has 7 aromatic carbocycles. The fraction of sp³-hybridized carbons (Fsp3) is 0.148. The van der Waals surface area contributed by atoms with Crippen molar-refractivity contribution in [2.75, 3.05) is 4.90 Å². The molecule has 1 unspecified atom stereocenters. The molecule has 0 spiro atoms. The first-order valence-corrected chi connectivity index (χ1v) is 20.4. The second-order valence-corrected chi connectivity index (χ2v) is 17.3. The maximum atomic E-state index is 2.51. The van der Waals surface area contributed by atoms with Crippen molar-refractivity contribution in [3.8, 4) is 11.4 Å². The van der Waals surface area contributed by atoms with Crippen LogP contribution in [0.1, 0.15) is 67.9 Å². The molecule has 0 radical (unpaired) electrons. The Morgan fingerprint density at radius 2 is 0.965 bits per heavy atom. The molecule has 274 valence electrons. The van der Waals surface area contributed by atoms with Crippen LogP contribution >= 0.6 is 0 Å². The Labute approximate surface area is 333 Å². The highest BCUT2D eigenvalue weighted by molar-refractivity contribution is 6.13. The van der Waals surface area contributed by atoms with Gasteiger partial charge in [0.2, 0.25) is 0 Å². The van der Waals surface area contributed by atoms with Crippen LogP contribution in [0.2, 0.25) is 0 Å². The van der Waals surface area contributed by atoms with Gasteiger partial charge < -0.3 is 14.0 Å². The molecule has 0 N–H and O–H groups in total. The highest BCUT2D eigenvalue weighted by Gasteiger charge is 2.38. The third-order valence-electron chi connectivity index (χ3n) is 13.6. The number of rotatable bonds is 4. The van der Waals surface area contributed by atoms with Gasteiger partial charge in [-0.3, -0.25) is 0 Å². The lowest BCUT2D eigenvalue weighted by Gasteiger charge is -2.37. The largest absolute Gasteiger partial charge is 0.310 e. The van der Waals surface area contributed by atoms with E-state index in [2.05, 4.69) is 212 Å². The van der Waals surface area contributed by atoms with Gasteiger partial charge in [0, 0.05) is 55.4 Å². The summed E-state index contributed by atoms with van der Waals surface area (Å²) in [6, 6.07) is 55.2. The number of benzene rings is 7. The third-order valence-corrected chi connectivity index (χ3v) is 13.6. The van der Waals surface area contributed by atoms with E-state index >= 15 is 0 Å². The third kappa shape index (κ3) is 4.37. The molecule has 12 rings (SSSR count). The molecular formula is C54H43N3. The maximum Gasteiger partial charge on any atom is 0.0582 e. The van der Waals surface area contributed by atoms with E-state index in [1.54, 1.807) is 0 Å². The van der Waals surface area contributed by atoms with Crippen molar-refractivity contribution >= 4 is 60.7 Å². The zero-order chi connectivity index (χ0) is 38.2. The van der Waals surface area contributed by atoms with Gasteiger partial charge in [0.1, 0.15) is 0 Å². The Morgan fingerprint density at radius 1 is 0.474 bits per heavy atom. The van der Waals surface area contributed by atoms with Gasteiger partial charge >= 0.3 is 0 Å². The van der Waals surface area contributed by atoms with E-state index in [1.165, 1.54) is 82.8 Å². The summed E-state index contributed by atoms with van der Waals surface area (Å²) >= 11 is 0. The minimum atomic E-state index is -0.214. The lowest BCUT2D eigenvalue weighted by Crippen LogP contribution is -2.27. The van der Waals surface area contributed by atoms with Crippen LogP contribution in [0.25, 0.3) is 55.0 Å². The zero-order valence-corrected chi connectivity index (χ0v) is 32.8. The first-order valence-electron chi connectivity index (χ1n) is 20.4. The van der Waals surface area contributed by atoms with Crippen molar-refractivity contribution < 1.29 is 0 Å². The second-order valence-electron chi connectivity index (χ2n) is 17.3. The fourth-order valence-electron chi connectivity index (χ4n) is 10.7. The molecule has 4 heterocycles. The summed E-state index contributed by atoms with van der Waals surface area (Å²) in [4.78, 5) is 2.49. The van der Waals surface area contributed by atoms with Gasteiger partial charge in [0.15, 0.2) is 0 Å². The second kappa shape index (κ2) is 11.5. The molecule has 2 aliphatic heterocycles. The molecular weight excluding hydrogens is 691 g/mol. The lowest BCUT2D eigenvalue weighted by molar-refractivity contribution is 0.629. The van der Waals surface area contributed by atoms with Gasteiger partial charge in [0.05, 0.1) is 33.4 Å². The summed E-state index contributed by atoms with van der Waals surface area (Å²) in [7, 11) is 0. The van der Waals surface area contributed by atoms with Crippen molar-refractivity contribution in [2.45, 2.75) is 50.9 Å². The number of hydrogen-bond donors (Lipinski definition) is 0. The normalized spacial score (nSPS) is 17.0. The van der Waals surface area contributed by atoms with Gasteiger partial charge in [0.25, 0.3) is 0 Å². The van der Waals surface area contributed by atoms with Crippen LogP contribution in [0.15, 0.2) is 170 Å². The Bertz CT molecular complexity index is 3040. The van der Waals surface area contributed by atoms with Crippen molar-refractivity contribution in [2.24, 2.45) is 0 Å². The molecule has 1 aliphatic carbocycles. The molecule has 0 bridgehead atoms. The highest BCUT2D eigenvalue weighted by Crippen LogP contribution is 2.52. The Morgan fingerprint density at radius 3 is 1.47 bits per heavy atom. The molecule has 0 saturated heterocycles. The quantitative estimate of drug-likeness (QED) is 0.176. The molecule has 2 aromatic heterocycles. The summed E-state index contributed by atoms with van der Waals surface area (Å²) in [6.07, 6.45) is 9.96. The average Bonchev–Trinajstić information content (AvgIpc) is 3.77. The Balaban J connectivity index is 1.08. The van der Waals surface area contributed by atoms with E-state index in [1.807, 2.05) is 0 Å². The van der Waals surface area contributed by atoms with Crippen LogP contribution in [-0.4, -0.2) is 9.13 Å². The molecule has 0 amide bonds. The Kier molecular flexibility index (Phi) is 6.58. The van der Waals surface area contributed by atoms with E-state index in [0.717, 1.165) is 23.5 Å². The lowest BCUT2D eigenvalue weighted by atomic mass is 9.74. The number of nitrogens with zero attached hydrogens (tertiary/aromatic N) is 3. The first-order chi connectivity index (χ1) is 27.8. The van der Waals surface area contributed by atoms with Crippen molar-refractivity contribution in [3.05, 3.63) is 198 Å². The number of allylic oxidation sites excluding steroid dienone is 4. The number of para-hydroxylation sites is 4. The van der Waals surface area contributed by atoms with Gasteiger partial charge in [-0.05, 0) is 94.9 Å². The maximum absolute atomic E-state index is 2.51. The fourth-order valence-corrected chi connectivity index (χ4v) is 10.7. The van der Waals surface area contributed by atoms with Crippen LogP contribution in [0.4, 0.5) is 17.1 Å². The summed E-state index contributed by atoms with van der Waals surface area (Å²) in [5.74, 6) is 0.396. The van der Waals surface area contributed by atoms with Crippen LogP contribution < -0.4 is 4.90 Å². The van der Waals surface area contributed by atoms with Crippen molar-refractivity contribution in [3.63, 3.8) is 0 Å². The van der Waals surface area contributed by atoms with E-state index in [-0.39, 0.29) is 10.8 Å². The van der Waals surface area contributed by atoms with Gasteiger partial charge in [-0.1, -0.05) is 137 Å². The summed E-state index contributed by atoms with van der Waals surface area (Å²) in [6.45, 7) is 9.60. The number of fused-ring (bicyclic) bond motifs is 10. The van der Waals surface area contributed by atoms with Crippen LogP contribution in [0, 0.1) is 0 Å². The zero-order valence-electron chi connectivity index (χ0n) is 32.8. The Hall–Kier alpha value is -6.58. The topological polar surface area (TPSA) is 13.1 Å². The van der Waals surface area contributed by atoms with E-state index < -0.39 is 0 Å². The average molecular weight is 734 g/mol. The van der Waals surface area contributed by atoms with Crippen molar-refractivity contribution in [1.82, 2.24) is 9.13 Å². The SMILES string of the molecule is CC1(C)c2cc(N(c3ccc(C4C=CC=CC4)cc3)c3ccc4c(c3)C(C)(C)c3cccc5c6ccccc6n-4c35)ccc2-n2c3ccccc3c3cccc1c32. The smallest absolute Gasteiger partial charge is 0.0582 e. The van der Waals surface area contributed by atoms with Gasteiger partial charge in [-0.25, -0.2) is 0 Å². The molecule has 3 aliphatic rings. The number of anilines is 3. The molecule has 1 atom stereocenters. The molecule has 9 aromatic rings. The van der Waals surface area contributed by atoms with Crippen LogP contribution in [-0.2, 0) is 10.8 Å². The summed E-state index contributed by atoms with van der Waals surface area (Å²) < 4.78 is 5.02. The predicted molar refractivity (Wildman–Crippen MR) is 240 cm³/mol. The van der Waals surface area contributed by atoms with Crippen molar-refractivity contribution in [1.29, 1.82) is 0 Å². The predicted octanol–water partition coefficient (Wildman–Crippen LogP) is 14.2. The van der Waals surface area contributed by atoms with Crippen LogP contribution in [0.5, 0.6) is 0 Å². The molecule has 3 heteroatoms. The molecule has 3 nitrogen and oxygen atoms in total. The first kappa shape index (κ1) is 32.6. The standard InChI is InChI=1S/C54H43N3/c1-53(2)43-20-12-18-41-39-16-8-10-22-47(39)56(51(41)43)49-30-28-37(32-45(49)53)55(36-26-24-35(25-27-36)34-14-6-5-7-15-34)38-29-31-50-46(33-38)54(3,4)44-21-13-19-42-40-17-9-11-23-48(40)57(50)52(42)44/h5-14,16-34H,15H2,1-4H3. The number of aromatic nitrogens is 2. The molecule has 0 fully saturated rings. The van der Waals surface area contributed by atoms with Gasteiger partial charge in [-0.2, -0.15) is 0 Å². The van der Waals surface area contributed by atoms with E-state index in [9.17, 15) is 0 Å². The minimum absolute atomic E-state index is 0.214.